The molecule has 1 aliphatic heterocycles. The third kappa shape index (κ3) is 2.47. The number of ketones is 1. The molecule has 1 unspecified atom stereocenters. The van der Waals surface area contributed by atoms with Crippen molar-refractivity contribution in [3.8, 4) is 0 Å². The smallest absolute Gasteiger partial charge is 0.159 e. The molecule has 3 heteroatoms. The molecule has 0 amide bonds. The maximum Gasteiger partial charge on any atom is 0.159 e. The van der Waals surface area contributed by atoms with Crippen LogP contribution in [0.4, 0.5) is 0 Å². The van der Waals surface area contributed by atoms with E-state index in [9.17, 15) is 4.79 Å². The van der Waals surface area contributed by atoms with Crippen molar-refractivity contribution in [2.75, 3.05) is 13.2 Å². The van der Waals surface area contributed by atoms with E-state index in [1.807, 2.05) is 0 Å². The predicted molar refractivity (Wildman–Crippen MR) is 71.7 cm³/mol. The van der Waals surface area contributed by atoms with E-state index in [1.165, 1.54) is 16.7 Å². The first kappa shape index (κ1) is 13.2. The average molecular weight is 247 g/mol. The van der Waals surface area contributed by atoms with Crippen LogP contribution < -0.4 is 5.73 Å². The summed E-state index contributed by atoms with van der Waals surface area (Å²) in [5.74, 6) is 0.0926. The van der Waals surface area contributed by atoms with Gasteiger partial charge in [-0.1, -0.05) is 17.7 Å². The van der Waals surface area contributed by atoms with Crippen LogP contribution in [-0.4, -0.2) is 24.5 Å². The lowest BCUT2D eigenvalue weighted by atomic mass is 9.87. The van der Waals surface area contributed by atoms with Gasteiger partial charge in [0.2, 0.25) is 0 Å². The summed E-state index contributed by atoms with van der Waals surface area (Å²) < 4.78 is 5.25. The third-order valence-corrected chi connectivity index (χ3v) is 3.79. The monoisotopic (exact) mass is 247 g/mol. The largest absolute Gasteiger partial charge is 0.379 e. The second-order valence-electron chi connectivity index (χ2n) is 5.44. The Bertz CT molecular complexity index is 450. The first-order valence-electron chi connectivity index (χ1n) is 6.39. The van der Waals surface area contributed by atoms with Gasteiger partial charge in [0.15, 0.2) is 5.78 Å². The summed E-state index contributed by atoms with van der Waals surface area (Å²) >= 11 is 0. The molecule has 1 saturated heterocycles. The number of benzene rings is 1. The van der Waals surface area contributed by atoms with Crippen LogP contribution in [0.2, 0.25) is 0 Å². The van der Waals surface area contributed by atoms with Gasteiger partial charge in [0, 0.05) is 13.0 Å². The van der Waals surface area contributed by atoms with Gasteiger partial charge in [0.05, 0.1) is 6.61 Å². The minimum Gasteiger partial charge on any atom is -0.379 e. The molecule has 3 nitrogen and oxygen atoms in total. The number of ether oxygens (including phenoxy) is 1. The van der Waals surface area contributed by atoms with Gasteiger partial charge in [-0.3, -0.25) is 4.79 Å². The molecule has 2 N–H and O–H groups in total. The van der Waals surface area contributed by atoms with Gasteiger partial charge >= 0.3 is 0 Å². The van der Waals surface area contributed by atoms with Gasteiger partial charge in [-0.2, -0.15) is 0 Å². The van der Waals surface area contributed by atoms with Crippen molar-refractivity contribution in [2.45, 2.75) is 39.2 Å². The van der Waals surface area contributed by atoms with Crippen molar-refractivity contribution in [1.82, 2.24) is 0 Å². The minimum atomic E-state index is -0.774. The quantitative estimate of drug-likeness (QED) is 0.886. The lowest BCUT2D eigenvalue weighted by Gasteiger charge is -2.21. The molecule has 1 aliphatic rings. The molecule has 1 fully saturated rings. The fourth-order valence-electron chi connectivity index (χ4n) is 2.63. The maximum atomic E-state index is 12.3. The SMILES string of the molecule is Cc1cc(C)c(CC(=O)C2(N)CCOC2)c(C)c1. The molecule has 0 saturated carbocycles. The Hall–Kier alpha value is -1.19. The van der Waals surface area contributed by atoms with Crippen LogP contribution in [0.5, 0.6) is 0 Å². The van der Waals surface area contributed by atoms with E-state index < -0.39 is 5.54 Å². The molecule has 2 rings (SSSR count). The Balaban J connectivity index is 2.22. The van der Waals surface area contributed by atoms with E-state index in [0.29, 0.717) is 26.1 Å². The van der Waals surface area contributed by atoms with E-state index in [2.05, 4.69) is 32.9 Å². The molecule has 0 radical (unpaired) electrons. The van der Waals surface area contributed by atoms with Gasteiger partial charge in [0.25, 0.3) is 0 Å². The Morgan fingerprint density at radius 2 is 1.94 bits per heavy atom. The van der Waals surface area contributed by atoms with Crippen LogP contribution in [-0.2, 0) is 16.0 Å². The van der Waals surface area contributed by atoms with Gasteiger partial charge < -0.3 is 10.5 Å². The fraction of sp³-hybridized carbons (Fsp3) is 0.533. The molecule has 1 aromatic carbocycles. The number of hydrogen-bond acceptors (Lipinski definition) is 3. The Morgan fingerprint density at radius 1 is 1.33 bits per heavy atom. The number of carbonyl (C=O) groups excluding carboxylic acids is 1. The first-order valence-corrected chi connectivity index (χ1v) is 6.39. The summed E-state index contributed by atoms with van der Waals surface area (Å²) in [5, 5.41) is 0. The number of Topliss-reactive ketones (excluding diaryl/α,β-unsaturated/α-hetero) is 1. The highest BCUT2D eigenvalue weighted by molar-refractivity contribution is 5.90. The fourth-order valence-corrected chi connectivity index (χ4v) is 2.63. The van der Waals surface area contributed by atoms with Crippen LogP contribution in [0, 0.1) is 20.8 Å². The Morgan fingerprint density at radius 3 is 2.44 bits per heavy atom. The van der Waals surface area contributed by atoms with E-state index in [-0.39, 0.29) is 5.78 Å². The molecule has 98 valence electrons. The zero-order valence-electron chi connectivity index (χ0n) is 11.4. The van der Waals surface area contributed by atoms with Crippen molar-refractivity contribution in [3.63, 3.8) is 0 Å². The van der Waals surface area contributed by atoms with Crippen molar-refractivity contribution in [3.05, 3.63) is 34.4 Å². The molecular weight excluding hydrogens is 226 g/mol. The van der Waals surface area contributed by atoms with Crippen LogP contribution in [0.25, 0.3) is 0 Å². The van der Waals surface area contributed by atoms with E-state index >= 15 is 0 Å². The predicted octanol–water partition coefficient (Wildman–Crippen LogP) is 1.84. The summed E-state index contributed by atoms with van der Waals surface area (Å²) in [6.07, 6.45) is 1.05. The Kier molecular flexibility index (Phi) is 3.55. The molecule has 0 spiro atoms. The topological polar surface area (TPSA) is 52.3 Å². The summed E-state index contributed by atoms with van der Waals surface area (Å²) in [6.45, 7) is 7.12. The number of rotatable bonds is 3. The second kappa shape index (κ2) is 4.82. The summed E-state index contributed by atoms with van der Waals surface area (Å²) in [5.41, 5.74) is 10.0. The summed E-state index contributed by atoms with van der Waals surface area (Å²) in [4.78, 5) is 12.3. The standard InChI is InChI=1S/C15H21NO2/c1-10-6-11(2)13(12(3)7-10)8-14(17)15(16)4-5-18-9-15/h6-7H,4-5,8-9,16H2,1-3H3. The molecule has 18 heavy (non-hydrogen) atoms. The van der Waals surface area contributed by atoms with Gasteiger partial charge in [-0.25, -0.2) is 0 Å². The molecular formula is C15H21NO2. The molecule has 1 atom stereocenters. The number of aryl methyl sites for hydroxylation is 3. The van der Waals surface area contributed by atoms with Crippen molar-refractivity contribution < 1.29 is 9.53 Å². The highest BCUT2D eigenvalue weighted by Crippen LogP contribution is 2.22. The lowest BCUT2D eigenvalue weighted by Crippen LogP contribution is -2.49. The lowest BCUT2D eigenvalue weighted by molar-refractivity contribution is -0.123. The zero-order chi connectivity index (χ0) is 13.3. The maximum absolute atomic E-state index is 12.3. The molecule has 0 bridgehead atoms. The molecule has 0 aromatic heterocycles. The van der Waals surface area contributed by atoms with Crippen LogP contribution in [0.3, 0.4) is 0 Å². The van der Waals surface area contributed by atoms with Crippen molar-refractivity contribution >= 4 is 5.78 Å². The second-order valence-corrected chi connectivity index (χ2v) is 5.44. The molecule has 1 heterocycles. The van der Waals surface area contributed by atoms with E-state index in [0.717, 1.165) is 5.56 Å². The zero-order valence-corrected chi connectivity index (χ0v) is 11.4. The third-order valence-electron chi connectivity index (χ3n) is 3.79. The Labute approximate surface area is 108 Å². The van der Waals surface area contributed by atoms with Gasteiger partial charge in [-0.15, -0.1) is 0 Å². The van der Waals surface area contributed by atoms with Gasteiger partial charge in [0.1, 0.15) is 5.54 Å². The highest BCUT2D eigenvalue weighted by atomic mass is 16.5. The van der Waals surface area contributed by atoms with Crippen LogP contribution in [0.15, 0.2) is 12.1 Å². The highest BCUT2D eigenvalue weighted by Gasteiger charge is 2.37. The number of hydrogen-bond donors (Lipinski definition) is 1. The van der Waals surface area contributed by atoms with E-state index in [1.54, 1.807) is 0 Å². The number of carbonyl (C=O) groups is 1. The normalized spacial score (nSPS) is 23.3. The molecule has 1 aromatic rings. The number of nitrogens with two attached hydrogens (primary N) is 1. The summed E-state index contributed by atoms with van der Waals surface area (Å²) in [7, 11) is 0. The minimum absolute atomic E-state index is 0.0926. The molecule has 0 aliphatic carbocycles. The van der Waals surface area contributed by atoms with Crippen molar-refractivity contribution in [1.29, 1.82) is 0 Å². The van der Waals surface area contributed by atoms with Crippen LogP contribution in [0.1, 0.15) is 28.7 Å². The average Bonchev–Trinajstić information content (AvgIpc) is 2.71. The van der Waals surface area contributed by atoms with Gasteiger partial charge in [-0.05, 0) is 43.9 Å². The summed E-state index contributed by atoms with van der Waals surface area (Å²) in [6, 6.07) is 4.23. The van der Waals surface area contributed by atoms with Crippen molar-refractivity contribution in [2.24, 2.45) is 5.73 Å². The van der Waals surface area contributed by atoms with E-state index in [4.69, 9.17) is 10.5 Å². The first-order chi connectivity index (χ1) is 8.42. The van der Waals surface area contributed by atoms with Crippen LogP contribution >= 0.6 is 0 Å².